The van der Waals surface area contributed by atoms with Gasteiger partial charge in [-0.25, -0.2) is 4.79 Å². The van der Waals surface area contributed by atoms with Crippen LogP contribution in [0.5, 0.6) is 0 Å². The Morgan fingerprint density at radius 3 is 2.22 bits per heavy atom. The maximum absolute atomic E-state index is 13.4. The van der Waals surface area contributed by atoms with Gasteiger partial charge in [-0.1, -0.05) is 19.3 Å². The molecule has 2 fully saturated rings. The number of ether oxygens (including phenoxy) is 2. The van der Waals surface area contributed by atoms with E-state index < -0.39 is 39.2 Å². The Bertz CT molecular complexity index is 728. The van der Waals surface area contributed by atoms with Crippen LogP contribution in [0.1, 0.15) is 73.6 Å². The minimum absolute atomic E-state index is 0.226. The first-order valence-electron chi connectivity index (χ1n) is 11.2. The van der Waals surface area contributed by atoms with E-state index in [2.05, 4.69) is 10.6 Å². The summed E-state index contributed by atoms with van der Waals surface area (Å²) in [4.78, 5) is 51.6. The fourth-order valence-corrected chi connectivity index (χ4v) is 6.51. The molecule has 1 aliphatic carbocycles. The van der Waals surface area contributed by atoms with E-state index in [1.807, 2.05) is 13.8 Å². The largest absolute Gasteiger partial charge is 0.465 e. The summed E-state index contributed by atoms with van der Waals surface area (Å²) in [6, 6.07) is -0.784. The number of thioether (sulfide) groups is 1. The minimum Gasteiger partial charge on any atom is -0.465 e. The second kappa shape index (κ2) is 10.3. The van der Waals surface area contributed by atoms with Crippen LogP contribution in [0.4, 0.5) is 4.79 Å². The molecule has 9 nitrogen and oxygen atoms in total. The van der Waals surface area contributed by atoms with Gasteiger partial charge in [0.1, 0.15) is 24.7 Å². The highest BCUT2D eigenvalue weighted by atomic mass is 32.2. The topological polar surface area (TPSA) is 114 Å². The number of carbonyl (C=O) groups is 4. The summed E-state index contributed by atoms with van der Waals surface area (Å²) in [5.41, 5.74) is -0.682. The van der Waals surface area contributed by atoms with Crippen LogP contribution in [0.25, 0.3) is 0 Å². The third-order valence-electron chi connectivity index (χ3n) is 5.46. The predicted molar refractivity (Wildman–Crippen MR) is 122 cm³/mol. The van der Waals surface area contributed by atoms with Crippen molar-refractivity contribution >= 4 is 35.6 Å². The van der Waals surface area contributed by atoms with Gasteiger partial charge >= 0.3 is 12.1 Å². The van der Waals surface area contributed by atoms with Gasteiger partial charge in [-0.15, -0.1) is 11.8 Å². The highest BCUT2D eigenvalue weighted by molar-refractivity contribution is 8.02. The van der Waals surface area contributed by atoms with E-state index in [0.717, 1.165) is 32.1 Å². The van der Waals surface area contributed by atoms with Crippen LogP contribution in [-0.2, 0) is 23.9 Å². The fraction of sp³-hybridized carbons (Fsp3) is 0.818. The molecule has 0 radical (unpaired) electrons. The first-order chi connectivity index (χ1) is 14.8. The lowest BCUT2D eigenvalue weighted by Gasteiger charge is -2.42. The molecule has 0 aromatic carbocycles. The lowest BCUT2D eigenvalue weighted by Crippen LogP contribution is -2.60. The maximum atomic E-state index is 13.4. The molecule has 1 heterocycles. The average molecular weight is 472 g/mol. The van der Waals surface area contributed by atoms with Crippen molar-refractivity contribution < 1.29 is 28.7 Å². The molecule has 32 heavy (non-hydrogen) atoms. The lowest BCUT2D eigenvalue weighted by molar-refractivity contribution is -0.146. The Labute approximate surface area is 194 Å². The summed E-state index contributed by atoms with van der Waals surface area (Å²) in [5, 5.41) is 5.16. The molecule has 1 aliphatic heterocycles. The molecule has 2 N–H and O–H groups in total. The highest BCUT2D eigenvalue weighted by Crippen LogP contribution is 2.57. The van der Waals surface area contributed by atoms with Crippen LogP contribution < -0.4 is 10.6 Å². The summed E-state index contributed by atoms with van der Waals surface area (Å²) in [7, 11) is 0. The van der Waals surface area contributed by atoms with E-state index in [1.165, 1.54) is 0 Å². The van der Waals surface area contributed by atoms with E-state index in [4.69, 9.17) is 9.47 Å². The Morgan fingerprint density at radius 1 is 1.03 bits per heavy atom. The number of nitrogens with one attached hydrogen (secondary N) is 2. The summed E-state index contributed by atoms with van der Waals surface area (Å²) in [5.74, 6) is -1.27. The van der Waals surface area contributed by atoms with Crippen LogP contribution in [0.15, 0.2) is 0 Å². The molecular formula is C22H37N3O6S. The van der Waals surface area contributed by atoms with Gasteiger partial charge in [-0.3, -0.25) is 14.4 Å². The molecule has 0 aromatic rings. The molecule has 0 unspecified atom stereocenters. The Balaban J connectivity index is 2.22. The van der Waals surface area contributed by atoms with Crippen LogP contribution >= 0.6 is 11.8 Å². The summed E-state index contributed by atoms with van der Waals surface area (Å²) in [6.45, 7) is 10.5. The zero-order valence-corrected chi connectivity index (χ0v) is 20.9. The van der Waals surface area contributed by atoms with Gasteiger partial charge in [-0.2, -0.15) is 0 Å². The molecule has 1 saturated carbocycles. The van der Waals surface area contributed by atoms with Crippen molar-refractivity contribution in [3.63, 3.8) is 0 Å². The third-order valence-corrected chi connectivity index (χ3v) is 7.19. The fourth-order valence-electron chi connectivity index (χ4n) is 4.41. The summed E-state index contributed by atoms with van der Waals surface area (Å²) in [6.07, 6.45) is 3.88. The minimum atomic E-state index is -0.784. The van der Waals surface area contributed by atoms with E-state index in [1.54, 1.807) is 44.4 Å². The molecule has 10 heteroatoms. The number of hydrogen-bond donors (Lipinski definition) is 2. The average Bonchev–Trinajstić information content (AvgIpc) is 2.90. The van der Waals surface area contributed by atoms with Gasteiger partial charge in [0.2, 0.25) is 11.8 Å². The highest BCUT2D eigenvalue weighted by Gasteiger charge is 2.60. The van der Waals surface area contributed by atoms with Crippen LogP contribution in [0.2, 0.25) is 0 Å². The first-order valence-corrected chi connectivity index (χ1v) is 12.1. The van der Waals surface area contributed by atoms with E-state index in [-0.39, 0.29) is 25.6 Å². The molecule has 0 bridgehead atoms. The molecule has 1 atom stereocenters. The van der Waals surface area contributed by atoms with Gasteiger partial charge in [-0.05, 0) is 54.4 Å². The van der Waals surface area contributed by atoms with Gasteiger partial charge in [0.05, 0.1) is 11.5 Å². The molecule has 182 valence electrons. The Hall–Kier alpha value is -1.97. The molecule has 2 rings (SSSR count). The molecule has 3 amide bonds. The zero-order valence-electron chi connectivity index (χ0n) is 20.0. The number of nitrogens with zero attached hydrogens (tertiary/aromatic N) is 1. The van der Waals surface area contributed by atoms with Crippen molar-refractivity contribution in [1.82, 2.24) is 15.5 Å². The van der Waals surface area contributed by atoms with Crippen molar-refractivity contribution in [2.45, 2.75) is 94.9 Å². The molecule has 2 aliphatic rings. The first kappa shape index (κ1) is 26.3. The summed E-state index contributed by atoms with van der Waals surface area (Å²) < 4.78 is 9.56. The molecule has 1 spiro atoms. The summed E-state index contributed by atoms with van der Waals surface area (Å²) >= 11 is 1.64. The monoisotopic (exact) mass is 471 g/mol. The van der Waals surface area contributed by atoms with Gasteiger partial charge in [0.15, 0.2) is 0 Å². The van der Waals surface area contributed by atoms with Crippen molar-refractivity contribution in [1.29, 1.82) is 0 Å². The predicted octanol–water partition coefficient (Wildman–Crippen LogP) is 2.57. The van der Waals surface area contributed by atoms with Crippen LogP contribution in [-0.4, -0.2) is 69.7 Å². The number of alkyl carbamates (subject to hydrolysis) is 1. The third kappa shape index (κ3) is 6.52. The number of hydrogen-bond acceptors (Lipinski definition) is 7. The zero-order chi connectivity index (χ0) is 24.2. The SMILES string of the molecule is CCOC(=O)CNC(=O)[C@@H]1N(C(=O)CNC(=O)OC(C)(C)C)C2(CCCCC2)SC1(C)C. The number of amides is 3. The second-order valence-corrected chi connectivity index (χ2v) is 11.8. The van der Waals surface area contributed by atoms with Gasteiger partial charge in [0.25, 0.3) is 0 Å². The molecular weight excluding hydrogens is 434 g/mol. The lowest BCUT2D eigenvalue weighted by atomic mass is 9.90. The van der Waals surface area contributed by atoms with Crippen molar-refractivity contribution in [2.75, 3.05) is 19.7 Å². The molecule has 1 saturated heterocycles. The maximum Gasteiger partial charge on any atom is 0.408 e. The Morgan fingerprint density at radius 2 is 1.66 bits per heavy atom. The number of esters is 1. The quantitative estimate of drug-likeness (QED) is 0.572. The number of rotatable bonds is 6. The van der Waals surface area contributed by atoms with E-state index >= 15 is 0 Å². The van der Waals surface area contributed by atoms with Crippen molar-refractivity contribution in [3.8, 4) is 0 Å². The second-order valence-electron chi connectivity index (χ2n) is 9.76. The van der Waals surface area contributed by atoms with Crippen LogP contribution in [0, 0.1) is 0 Å². The Kier molecular flexibility index (Phi) is 8.47. The smallest absolute Gasteiger partial charge is 0.408 e. The standard InChI is InChI=1S/C22H37N3O6S/c1-7-30-16(27)14-23-18(28)17-21(5,6)32-22(11-9-8-10-12-22)25(17)15(26)13-24-19(29)31-20(2,3)4/h17H,7-14H2,1-6H3,(H,23,28)(H,24,29)/t17-/m0/s1. The van der Waals surface area contributed by atoms with Crippen LogP contribution in [0.3, 0.4) is 0 Å². The van der Waals surface area contributed by atoms with Gasteiger partial charge in [0, 0.05) is 4.75 Å². The van der Waals surface area contributed by atoms with E-state index in [9.17, 15) is 19.2 Å². The van der Waals surface area contributed by atoms with Gasteiger partial charge < -0.3 is 25.0 Å². The number of carbonyl (C=O) groups excluding carboxylic acids is 4. The van der Waals surface area contributed by atoms with Crippen molar-refractivity contribution in [2.24, 2.45) is 0 Å². The van der Waals surface area contributed by atoms with E-state index in [0.29, 0.717) is 0 Å². The normalized spacial score (nSPS) is 21.7. The van der Waals surface area contributed by atoms with Crippen molar-refractivity contribution in [3.05, 3.63) is 0 Å². The molecule has 0 aromatic heterocycles.